The number of nitrogens with one attached hydrogen (secondary N) is 1. The lowest BCUT2D eigenvalue weighted by atomic mass is 9.81. The summed E-state index contributed by atoms with van der Waals surface area (Å²) in [6, 6.07) is 1.16. The molecule has 2 heteroatoms. The van der Waals surface area contributed by atoms with Gasteiger partial charge in [-0.3, -0.25) is 0 Å². The van der Waals surface area contributed by atoms with Crippen molar-refractivity contribution in [1.82, 2.24) is 5.32 Å². The van der Waals surface area contributed by atoms with Gasteiger partial charge in [0.2, 0.25) is 0 Å². The Kier molecular flexibility index (Phi) is 2.44. The van der Waals surface area contributed by atoms with Gasteiger partial charge in [0.1, 0.15) is 6.29 Å². The smallest absolute Gasteiger partial charge is 0.123 e. The van der Waals surface area contributed by atoms with Crippen molar-refractivity contribution in [2.24, 2.45) is 5.92 Å². The van der Waals surface area contributed by atoms with E-state index in [0.717, 1.165) is 19.1 Å². The van der Waals surface area contributed by atoms with Crippen LogP contribution in [-0.2, 0) is 4.79 Å². The van der Waals surface area contributed by atoms with E-state index >= 15 is 0 Å². The molecule has 0 atom stereocenters. The highest BCUT2D eigenvalue weighted by atomic mass is 16.1. The lowest BCUT2D eigenvalue weighted by Gasteiger charge is -2.33. The third kappa shape index (κ3) is 1.81. The van der Waals surface area contributed by atoms with Crippen molar-refractivity contribution >= 4 is 6.29 Å². The van der Waals surface area contributed by atoms with Crippen LogP contribution >= 0.6 is 0 Å². The van der Waals surface area contributed by atoms with E-state index in [1.807, 2.05) is 0 Å². The lowest BCUT2D eigenvalue weighted by molar-refractivity contribution is -0.113. The van der Waals surface area contributed by atoms with Crippen LogP contribution in [0.1, 0.15) is 26.7 Å². The first-order chi connectivity index (χ1) is 4.72. The second-order valence-corrected chi connectivity index (χ2v) is 3.39. The van der Waals surface area contributed by atoms with Gasteiger partial charge in [0, 0.05) is 18.0 Å². The molecular formula is C8H15NO. The molecule has 1 N–H and O–H groups in total. The summed E-state index contributed by atoms with van der Waals surface area (Å²) in [5, 5.41) is 3.38. The van der Waals surface area contributed by atoms with E-state index in [1.165, 1.54) is 0 Å². The molecule has 0 amide bonds. The Hall–Kier alpha value is -0.370. The van der Waals surface area contributed by atoms with Crippen LogP contribution in [0.2, 0.25) is 0 Å². The van der Waals surface area contributed by atoms with Gasteiger partial charge in [0.25, 0.3) is 0 Å². The van der Waals surface area contributed by atoms with E-state index in [9.17, 15) is 4.79 Å². The molecule has 0 heterocycles. The molecule has 1 rings (SSSR count). The molecule has 0 saturated heterocycles. The van der Waals surface area contributed by atoms with Crippen molar-refractivity contribution in [2.75, 3.05) is 0 Å². The summed E-state index contributed by atoms with van der Waals surface area (Å²) in [5.41, 5.74) is 0. The standard InChI is InChI=1S/C8H15NO/c1-6(2)9-8-3-7(4-8)5-10/h5-9H,3-4H2,1-2H3/t7-,8+. The van der Waals surface area contributed by atoms with Crippen molar-refractivity contribution in [2.45, 2.75) is 38.8 Å². The van der Waals surface area contributed by atoms with Crippen molar-refractivity contribution in [3.8, 4) is 0 Å². The fraction of sp³-hybridized carbons (Fsp3) is 0.875. The lowest BCUT2D eigenvalue weighted by Crippen LogP contribution is -2.44. The summed E-state index contributed by atoms with van der Waals surface area (Å²) in [6.07, 6.45) is 3.15. The minimum absolute atomic E-state index is 0.344. The molecule has 1 aliphatic carbocycles. The first-order valence-corrected chi connectivity index (χ1v) is 3.93. The van der Waals surface area contributed by atoms with Crippen molar-refractivity contribution < 1.29 is 4.79 Å². The Labute approximate surface area is 62.0 Å². The third-order valence-corrected chi connectivity index (χ3v) is 1.94. The van der Waals surface area contributed by atoms with Crippen LogP contribution in [0.5, 0.6) is 0 Å². The van der Waals surface area contributed by atoms with Gasteiger partial charge < -0.3 is 10.1 Å². The molecule has 0 radical (unpaired) electrons. The number of aldehydes is 1. The molecule has 1 aliphatic rings. The average Bonchev–Trinajstić information content (AvgIpc) is 1.76. The van der Waals surface area contributed by atoms with Crippen LogP contribution in [0, 0.1) is 5.92 Å². The summed E-state index contributed by atoms with van der Waals surface area (Å²) in [4.78, 5) is 10.2. The van der Waals surface area contributed by atoms with Crippen molar-refractivity contribution in [3.63, 3.8) is 0 Å². The molecule has 0 bridgehead atoms. The number of hydrogen-bond acceptors (Lipinski definition) is 2. The fourth-order valence-electron chi connectivity index (χ4n) is 1.38. The van der Waals surface area contributed by atoms with Gasteiger partial charge in [-0.2, -0.15) is 0 Å². The van der Waals surface area contributed by atoms with Crippen LogP contribution in [0.4, 0.5) is 0 Å². The van der Waals surface area contributed by atoms with Crippen LogP contribution in [-0.4, -0.2) is 18.4 Å². The zero-order valence-electron chi connectivity index (χ0n) is 6.63. The Morgan fingerprint density at radius 1 is 1.50 bits per heavy atom. The SMILES string of the molecule is CC(C)N[C@H]1C[C@@H](C=O)C1. The van der Waals surface area contributed by atoms with Crippen LogP contribution < -0.4 is 5.32 Å². The maximum absolute atomic E-state index is 10.2. The zero-order valence-corrected chi connectivity index (χ0v) is 6.63. The highest BCUT2D eigenvalue weighted by Gasteiger charge is 2.28. The van der Waals surface area contributed by atoms with Gasteiger partial charge >= 0.3 is 0 Å². The highest BCUT2D eigenvalue weighted by Crippen LogP contribution is 2.25. The second kappa shape index (κ2) is 3.15. The monoisotopic (exact) mass is 141 g/mol. The maximum Gasteiger partial charge on any atom is 0.123 e. The normalized spacial score (nSPS) is 31.9. The van der Waals surface area contributed by atoms with Crippen molar-refractivity contribution in [3.05, 3.63) is 0 Å². The van der Waals surface area contributed by atoms with Crippen molar-refractivity contribution in [1.29, 1.82) is 0 Å². The Morgan fingerprint density at radius 3 is 2.50 bits per heavy atom. The first-order valence-electron chi connectivity index (χ1n) is 3.93. The van der Waals surface area contributed by atoms with Crippen LogP contribution in [0.15, 0.2) is 0 Å². The predicted molar refractivity (Wildman–Crippen MR) is 40.8 cm³/mol. The molecule has 0 aromatic rings. The summed E-state index contributed by atoms with van der Waals surface area (Å²) >= 11 is 0. The summed E-state index contributed by atoms with van der Waals surface area (Å²) in [5.74, 6) is 0.344. The molecule has 0 aromatic carbocycles. The molecule has 0 aliphatic heterocycles. The van der Waals surface area contributed by atoms with E-state index in [4.69, 9.17) is 0 Å². The van der Waals surface area contributed by atoms with Crippen LogP contribution in [0.25, 0.3) is 0 Å². The molecular weight excluding hydrogens is 126 g/mol. The topological polar surface area (TPSA) is 29.1 Å². The molecule has 1 fully saturated rings. The first kappa shape index (κ1) is 7.73. The molecule has 1 saturated carbocycles. The Balaban J connectivity index is 2.08. The Bertz CT molecular complexity index is 116. The summed E-state index contributed by atoms with van der Waals surface area (Å²) < 4.78 is 0. The van der Waals surface area contributed by atoms with Crippen LogP contribution in [0.3, 0.4) is 0 Å². The number of carbonyl (C=O) groups excluding carboxylic acids is 1. The molecule has 0 spiro atoms. The fourth-order valence-corrected chi connectivity index (χ4v) is 1.38. The number of rotatable bonds is 3. The predicted octanol–water partition coefficient (Wildman–Crippen LogP) is 0.962. The third-order valence-electron chi connectivity index (χ3n) is 1.94. The van der Waals surface area contributed by atoms with Gasteiger partial charge in [0.05, 0.1) is 0 Å². The molecule has 2 nitrogen and oxygen atoms in total. The molecule has 58 valence electrons. The maximum atomic E-state index is 10.2. The van der Waals surface area contributed by atoms with E-state index in [0.29, 0.717) is 18.0 Å². The second-order valence-electron chi connectivity index (χ2n) is 3.39. The molecule has 0 unspecified atom stereocenters. The number of carbonyl (C=O) groups is 1. The summed E-state index contributed by atoms with van der Waals surface area (Å²) in [7, 11) is 0. The Morgan fingerprint density at radius 2 is 2.10 bits per heavy atom. The minimum atomic E-state index is 0.344. The van der Waals surface area contributed by atoms with Gasteiger partial charge in [-0.1, -0.05) is 13.8 Å². The zero-order chi connectivity index (χ0) is 7.56. The highest BCUT2D eigenvalue weighted by molar-refractivity contribution is 5.55. The molecule has 0 aromatic heterocycles. The summed E-state index contributed by atoms with van der Waals surface area (Å²) in [6.45, 7) is 4.27. The van der Waals surface area contributed by atoms with Gasteiger partial charge in [0.15, 0.2) is 0 Å². The quantitative estimate of drug-likeness (QED) is 0.593. The van der Waals surface area contributed by atoms with Gasteiger partial charge in [-0.15, -0.1) is 0 Å². The van der Waals surface area contributed by atoms with Gasteiger partial charge in [-0.25, -0.2) is 0 Å². The average molecular weight is 141 g/mol. The van der Waals surface area contributed by atoms with E-state index < -0.39 is 0 Å². The van der Waals surface area contributed by atoms with Gasteiger partial charge in [-0.05, 0) is 12.8 Å². The van der Waals surface area contributed by atoms with E-state index in [-0.39, 0.29) is 0 Å². The molecule has 10 heavy (non-hydrogen) atoms. The van der Waals surface area contributed by atoms with E-state index in [2.05, 4.69) is 19.2 Å². The van der Waals surface area contributed by atoms with E-state index in [1.54, 1.807) is 0 Å². The number of hydrogen-bond donors (Lipinski definition) is 1. The minimum Gasteiger partial charge on any atom is -0.312 e. The largest absolute Gasteiger partial charge is 0.312 e.